The Morgan fingerprint density at radius 1 is 0.949 bits per heavy atom. The minimum Gasteiger partial charge on any atom is -0.356 e. The maximum absolute atomic E-state index is 13.0. The van der Waals surface area contributed by atoms with Gasteiger partial charge in [-0.1, -0.05) is 30.2 Å². The lowest BCUT2D eigenvalue weighted by atomic mass is 9.96. The van der Waals surface area contributed by atoms with Crippen molar-refractivity contribution in [2.45, 2.75) is 31.9 Å². The topological polar surface area (TPSA) is 73.5 Å². The Hall–Kier alpha value is -4.58. The molecule has 4 heterocycles. The van der Waals surface area contributed by atoms with Crippen molar-refractivity contribution in [3.05, 3.63) is 83.6 Å². The fourth-order valence-corrected chi connectivity index (χ4v) is 5.23. The second kappa shape index (κ2) is 9.62. The summed E-state index contributed by atoms with van der Waals surface area (Å²) in [7, 11) is 0. The van der Waals surface area contributed by atoms with Crippen LogP contribution in [0.25, 0.3) is 33.5 Å². The van der Waals surface area contributed by atoms with Crippen molar-refractivity contribution in [3.63, 3.8) is 0 Å². The summed E-state index contributed by atoms with van der Waals surface area (Å²) in [6.45, 7) is 3.47. The number of aromatic nitrogens is 5. The van der Waals surface area contributed by atoms with E-state index < -0.39 is 11.7 Å². The van der Waals surface area contributed by atoms with Crippen LogP contribution in [0.3, 0.4) is 0 Å². The Kier molecular flexibility index (Phi) is 6.10. The first-order valence-corrected chi connectivity index (χ1v) is 12.7. The van der Waals surface area contributed by atoms with E-state index in [1.165, 1.54) is 12.1 Å². The van der Waals surface area contributed by atoms with Crippen molar-refractivity contribution < 1.29 is 13.2 Å². The van der Waals surface area contributed by atoms with Gasteiger partial charge in [-0.2, -0.15) is 13.2 Å². The largest absolute Gasteiger partial charge is 0.416 e. The van der Waals surface area contributed by atoms with Crippen LogP contribution in [0.2, 0.25) is 0 Å². The van der Waals surface area contributed by atoms with Crippen LogP contribution >= 0.6 is 0 Å². The number of hydrogen-bond acceptors (Lipinski definition) is 4. The number of halogens is 3. The molecule has 2 N–H and O–H groups in total. The van der Waals surface area contributed by atoms with Gasteiger partial charge in [0.25, 0.3) is 0 Å². The zero-order valence-electron chi connectivity index (χ0n) is 21.2. The van der Waals surface area contributed by atoms with Gasteiger partial charge in [0.05, 0.1) is 22.3 Å². The van der Waals surface area contributed by atoms with Gasteiger partial charge in [-0.3, -0.25) is 0 Å². The third-order valence-electron chi connectivity index (χ3n) is 7.35. The Morgan fingerprint density at radius 2 is 1.64 bits per heavy atom. The molecule has 0 unspecified atom stereocenters. The number of nitrogens with one attached hydrogen (secondary N) is 2. The molecule has 0 atom stereocenters. The van der Waals surface area contributed by atoms with Crippen LogP contribution in [0.15, 0.2) is 60.9 Å². The lowest BCUT2D eigenvalue weighted by Crippen LogP contribution is -2.33. The first-order valence-electron chi connectivity index (χ1n) is 12.7. The summed E-state index contributed by atoms with van der Waals surface area (Å²) in [5.74, 6) is 4.62. The zero-order valence-corrected chi connectivity index (χ0v) is 21.2. The van der Waals surface area contributed by atoms with Crippen molar-refractivity contribution in [1.29, 1.82) is 0 Å². The molecule has 1 saturated heterocycles. The maximum atomic E-state index is 13.0. The van der Waals surface area contributed by atoms with Crippen LogP contribution in [-0.4, -0.2) is 38.0 Å². The number of nitrogens with zero attached hydrogens (tertiary/aromatic N) is 4. The lowest BCUT2D eigenvalue weighted by molar-refractivity contribution is -0.137. The average Bonchev–Trinajstić information content (AvgIpc) is 3.56. The molecule has 1 aliphatic heterocycles. The van der Waals surface area contributed by atoms with Crippen molar-refractivity contribution in [1.82, 2.24) is 24.9 Å². The second-order valence-electron chi connectivity index (χ2n) is 9.78. The van der Waals surface area contributed by atoms with E-state index in [-0.39, 0.29) is 5.92 Å². The average molecular weight is 527 g/mol. The van der Waals surface area contributed by atoms with Gasteiger partial charge in [0.15, 0.2) is 0 Å². The third-order valence-corrected chi connectivity index (χ3v) is 7.35. The molecule has 39 heavy (non-hydrogen) atoms. The summed E-state index contributed by atoms with van der Waals surface area (Å²) in [5.41, 5.74) is 5.15. The van der Waals surface area contributed by atoms with Crippen molar-refractivity contribution in [2.75, 3.05) is 18.0 Å². The molecule has 0 radical (unpaired) electrons. The van der Waals surface area contributed by atoms with E-state index in [1.807, 2.05) is 31.2 Å². The van der Waals surface area contributed by atoms with Crippen molar-refractivity contribution in [3.8, 4) is 34.9 Å². The number of terminal acetylenes is 1. The summed E-state index contributed by atoms with van der Waals surface area (Å²) in [6.07, 6.45) is 4.45. The number of aryl methyl sites for hydroxylation is 1. The number of H-pyrrole nitrogens is 2. The van der Waals surface area contributed by atoms with Crippen LogP contribution in [0.1, 0.15) is 41.4 Å². The molecule has 0 aliphatic carbocycles. The lowest BCUT2D eigenvalue weighted by Gasteiger charge is -2.32. The highest BCUT2D eigenvalue weighted by molar-refractivity contribution is 5.92. The minimum absolute atomic E-state index is 0.219. The highest BCUT2D eigenvalue weighted by Gasteiger charge is 2.30. The number of alkyl halides is 3. The molecule has 6 rings (SSSR count). The van der Waals surface area contributed by atoms with Crippen LogP contribution in [0.5, 0.6) is 0 Å². The predicted molar refractivity (Wildman–Crippen MR) is 145 cm³/mol. The molecule has 2 aromatic carbocycles. The van der Waals surface area contributed by atoms with E-state index >= 15 is 0 Å². The molecule has 0 amide bonds. The SMILES string of the molecule is C#Cc1ccc(-c2cc3c(N4CCC(c5nc(C)c(-c6ccc(C(F)(F)F)cc6)[nH]5)CC4)ncnc3[nH]2)cc1. The Bertz CT molecular complexity index is 1670. The summed E-state index contributed by atoms with van der Waals surface area (Å²) in [6, 6.07) is 15.1. The minimum atomic E-state index is -4.36. The first-order chi connectivity index (χ1) is 18.8. The molecular formula is C30H25F3N6. The Morgan fingerprint density at radius 3 is 2.31 bits per heavy atom. The van der Waals surface area contributed by atoms with E-state index in [0.717, 1.165) is 88.9 Å². The highest BCUT2D eigenvalue weighted by atomic mass is 19.4. The second-order valence-corrected chi connectivity index (χ2v) is 9.78. The standard InChI is InChI=1S/C30H25F3N6/c1-3-19-4-6-20(7-5-19)25-16-24-28(37-25)34-17-35-29(24)39-14-12-22(13-15-39)27-36-18(2)26(38-27)21-8-10-23(11-9-21)30(31,32)33/h1,4-11,16-17,22H,12-15H2,2H3,(H,36,38)(H,34,35,37). The van der Waals surface area contributed by atoms with E-state index in [4.69, 9.17) is 11.4 Å². The van der Waals surface area contributed by atoms with E-state index in [1.54, 1.807) is 6.33 Å². The molecule has 0 bridgehead atoms. The molecule has 1 aliphatic rings. The van der Waals surface area contributed by atoms with Gasteiger partial charge < -0.3 is 14.9 Å². The number of aromatic amines is 2. The molecule has 3 aromatic heterocycles. The number of hydrogen-bond donors (Lipinski definition) is 2. The van der Waals surface area contributed by atoms with E-state index in [9.17, 15) is 13.2 Å². The molecule has 5 aromatic rings. The van der Waals surface area contributed by atoms with E-state index in [0.29, 0.717) is 5.56 Å². The van der Waals surface area contributed by atoms with Gasteiger partial charge in [0, 0.05) is 30.3 Å². The number of rotatable bonds is 4. The monoisotopic (exact) mass is 526 g/mol. The number of imidazole rings is 1. The Labute approximate surface area is 223 Å². The van der Waals surface area contributed by atoms with Crippen LogP contribution < -0.4 is 4.90 Å². The third kappa shape index (κ3) is 4.74. The van der Waals surface area contributed by atoms with Gasteiger partial charge in [-0.15, -0.1) is 6.42 Å². The maximum Gasteiger partial charge on any atom is 0.416 e. The first kappa shape index (κ1) is 24.7. The van der Waals surface area contributed by atoms with Crippen molar-refractivity contribution in [2.24, 2.45) is 0 Å². The number of fused-ring (bicyclic) bond motifs is 1. The fourth-order valence-electron chi connectivity index (χ4n) is 5.23. The van der Waals surface area contributed by atoms with Gasteiger partial charge in [0.1, 0.15) is 23.6 Å². The van der Waals surface area contributed by atoms with Gasteiger partial charge in [-0.25, -0.2) is 15.0 Å². The fraction of sp³-hybridized carbons (Fsp3) is 0.233. The quantitative estimate of drug-likeness (QED) is 0.255. The van der Waals surface area contributed by atoms with Crippen LogP contribution in [0, 0.1) is 19.3 Å². The molecule has 0 saturated carbocycles. The summed E-state index contributed by atoms with van der Waals surface area (Å²) in [4.78, 5) is 22.8. The molecule has 9 heteroatoms. The van der Waals surface area contributed by atoms with Gasteiger partial charge in [0.2, 0.25) is 0 Å². The molecule has 1 fully saturated rings. The van der Waals surface area contributed by atoms with Gasteiger partial charge >= 0.3 is 6.18 Å². The van der Waals surface area contributed by atoms with E-state index in [2.05, 4.69) is 36.8 Å². The summed E-state index contributed by atoms with van der Waals surface area (Å²) >= 11 is 0. The normalized spacial score (nSPS) is 14.6. The molecule has 6 nitrogen and oxygen atoms in total. The molecular weight excluding hydrogens is 501 g/mol. The smallest absolute Gasteiger partial charge is 0.356 e. The van der Waals surface area contributed by atoms with Crippen LogP contribution in [-0.2, 0) is 6.18 Å². The predicted octanol–water partition coefficient (Wildman–Crippen LogP) is 6.71. The molecule has 196 valence electrons. The van der Waals surface area contributed by atoms with Gasteiger partial charge in [-0.05, 0) is 61.2 Å². The van der Waals surface area contributed by atoms with Crippen LogP contribution in [0.4, 0.5) is 19.0 Å². The number of anilines is 1. The zero-order chi connectivity index (χ0) is 27.1. The highest BCUT2D eigenvalue weighted by Crippen LogP contribution is 2.35. The Balaban J connectivity index is 1.18. The summed E-state index contributed by atoms with van der Waals surface area (Å²) in [5, 5.41) is 0.963. The number of benzene rings is 2. The summed E-state index contributed by atoms with van der Waals surface area (Å²) < 4.78 is 38.9. The molecule has 0 spiro atoms. The van der Waals surface area contributed by atoms with Crippen molar-refractivity contribution >= 4 is 16.9 Å². The number of piperidine rings is 1.